The van der Waals surface area contributed by atoms with Crippen molar-refractivity contribution in [2.24, 2.45) is 0 Å². The molecule has 0 radical (unpaired) electrons. The molecule has 6 nitrogen and oxygen atoms in total. The molecule has 24 heavy (non-hydrogen) atoms. The molecule has 0 atom stereocenters. The zero-order chi connectivity index (χ0) is 17.5. The number of nitrogens with one attached hydrogen (secondary N) is 1. The lowest BCUT2D eigenvalue weighted by molar-refractivity contribution is 0.347. The molecule has 0 fully saturated rings. The van der Waals surface area contributed by atoms with Gasteiger partial charge in [-0.15, -0.1) is 0 Å². The van der Waals surface area contributed by atoms with E-state index in [0.717, 1.165) is 5.56 Å². The zero-order valence-corrected chi connectivity index (χ0v) is 13.7. The third-order valence-corrected chi connectivity index (χ3v) is 3.55. The summed E-state index contributed by atoms with van der Waals surface area (Å²) < 4.78 is 15.9. The van der Waals surface area contributed by atoms with Gasteiger partial charge in [-0.2, -0.15) is 10.5 Å². The van der Waals surface area contributed by atoms with Crippen LogP contribution >= 0.6 is 0 Å². The van der Waals surface area contributed by atoms with E-state index in [-0.39, 0.29) is 0 Å². The second kappa shape index (κ2) is 7.75. The van der Waals surface area contributed by atoms with Crippen LogP contribution in [0.25, 0.3) is 0 Å². The van der Waals surface area contributed by atoms with Gasteiger partial charge in [0, 0.05) is 18.2 Å². The summed E-state index contributed by atoms with van der Waals surface area (Å²) in [5, 5.41) is 21.6. The Labute approximate surface area is 140 Å². The van der Waals surface area contributed by atoms with E-state index in [4.69, 9.17) is 14.2 Å². The van der Waals surface area contributed by atoms with Crippen molar-refractivity contribution in [2.45, 2.75) is 6.54 Å². The molecule has 0 aromatic heterocycles. The molecule has 0 aliphatic rings. The van der Waals surface area contributed by atoms with Gasteiger partial charge in [-0.3, -0.25) is 0 Å². The van der Waals surface area contributed by atoms with E-state index in [1.807, 2.05) is 0 Å². The molecule has 0 aliphatic carbocycles. The van der Waals surface area contributed by atoms with Crippen molar-refractivity contribution >= 4 is 5.69 Å². The number of nitrogens with zero attached hydrogens (tertiary/aromatic N) is 2. The van der Waals surface area contributed by atoms with Crippen molar-refractivity contribution < 1.29 is 14.2 Å². The monoisotopic (exact) mass is 323 g/mol. The first-order valence-electron chi connectivity index (χ1n) is 7.14. The molecule has 6 heteroatoms. The number of ether oxygens (including phenoxy) is 3. The maximum atomic E-state index is 9.23. The lowest BCUT2D eigenvalue weighted by Gasteiger charge is -2.16. The summed E-state index contributed by atoms with van der Waals surface area (Å²) in [7, 11) is 4.67. The van der Waals surface area contributed by atoms with Crippen LogP contribution in [0.2, 0.25) is 0 Å². The first-order valence-corrected chi connectivity index (χ1v) is 7.14. The van der Waals surface area contributed by atoms with Gasteiger partial charge >= 0.3 is 0 Å². The number of hydrogen-bond donors (Lipinski definition) is 1. The summed E-state index contributed by atoms with van der Waals surface area (Å²) in [6.45, 7) is 0.358. The van der Waals surface area contributed by atoms with Crippen LogP contribution in [0.15, 0.2) is 30.3 Å². The van der Waals surface area contributed by atoms with Crippen LogP contribution in [0, 0.1) is 22.7 Å². The van der Waals surface area contributed by atoms with Crippen LogP contribution in [0.4, 0.5) is 5.69 Å². The minimum Gasteiger partial charge on any atom is -0.496 e. The summed E-state index contributed by atoms with van der Waals surface area (Å²) in [5.74, 6) is 1.76. The molecule has 0 saturated heterocycles. The lowest BCUT2D eigenvalue weighted by Crippen LogP contribution is -2.06. The quantitative estimate of drug-likeness (QED) is 0.879. The third-order valence-electron chi connectivity index (χ3n) is 3.55. The minimum atomic E-state index is 0.358. The number of methoxy groups -OCH3 is 3. The number of rotatable bonds is 6. The Morgan fingerprint density at radius 1 is 0.875 bits per heavy atom. The molecular weight excluding hydrogens is 306 g/mol. The van der Waals surface area contributed by atoms with Gasteiger partial charge in [-0.25, -0.2) is 0 Å². The maximum Gasteiger partial charge on any atom is 0.164 e. The highest BCUT2D eigenvalue weighted by molar-refractivity contribution is 5.67. The van der Waals surface area contributed by atoms with Crippen molar-refractivity contribution in [3.05, 3.63) is 47.0 Å². The van der Waals surface area contributed by atoms with Gasteiger partial charge < -0.3 is 19.5 Å². The molecule has 0 unspecified atom stereocenters. The Hall–Kier alpha value is -3.38. The normalized spacial score (nSPS) is 9.54. The van der Waals surface area contributed by atoms with Gasteiger partial charge in [0.1, 0.15) is 17.9 Å². The van der Waals surface area contributed by atoms with E-state index < -0.39 is 0 Å². The highest BCUT2D eigenvalue weighted by atomic mass is 16.5. The highest BCUT2D eigenvalue weighted by Gasteiger charge is 2.13. The van der Waals surface area contributed by atoms with Gasteiger partial charge in [-0.05, 0) is 18.2 Å². The second-order valence-electron chi connectivity index (χ2n) is 4.82. The maximum absolute atomic E-state index is 9.23. The van der Waals surface area contributed by atoms with Gasteiger partial charge in [0.2, 0.25) is 0 Å². The first-order chi connectivity index (χ1) is 11.7. The standard InChI is InChI=1S/C18H17N3O3/c1-22-15-8-17(24-3)16(23-2)7-14(15)11-21-18-12(9-19)5-4-6-13(18)10-20/h4-8,21H,11H2,1-3H3. The summed E-state index contributed by atoms with van der Waals surface area (Å²) in [6.07, 6.45) is 0. The molecule has 2 aromatic carbocycles. The molecule has 2 rings (SSSR count). The van der Waals surface area contributed by atoms with Gasteiger partial charge in [0.25, 0.3) is 0 Å². The number of nitriles is 2. The van der Waals surface area contributed by atoms with Crippen molar-refractivity contribution in [1.29, 1.82) is 10.5 Å². The smallest absolute Gasteiger partial charge is 0.164 e. The van der Waals surface area contributed by atoms with Gasteiger partial charge in [0.05, 0.1) is 38.1 Å². The molecule has 0 spiro atoms. The highest BCUT2D eigenvalue weighted by Crippen LogP contribution is 2.35. The lowest BCUT2D eigenvalue weighted by atomic mass is 10.1. The summed E-state index contributed by atoms with van der Waals surface area (Å²) in [5.41, 5.74) is 2.13. The average molecular weight is 323 g/mol. The summed E-state index contributed by atoms with van der Waals surface area (Å²) >= 11 is 0. The summed E-state index contributed by atoms with van der Waals surface area (Å²) in [6, 6.07) is 12.7. The molecule has 0 aliphatic heterocycles. The molecule has 0 saturated carbocycles. The number of hydrogen-bond acceptors (Lipinski definition) is 6. The Bertz CT molecular complexity index is 787. The van der Waals surface area contributed by atoms with Crippen LogP contribution in [-0.4, -0.2) is 21.3 Å². The first kappa shape index (κ1) is 17.0. The Balaban J connectivity index is 2.37. The predicted molar refractivity (Wildman–Crippen MR) is 89.3 cm³/mol. The zero-order valence-electron chi connectivity index (χ0n) is 13.7. The van der Waals surface area contributed by atoms with Crippen LogP contribution in [0.5, 0.6) is 17.2 Å². The van der Waals surface area contributed by atoms with E-state index in [1.165, 1.54) is 0 Å². The molecular formula is C18H17N3O3. The van der Waals surface area contributed by atoms with Crippen LogP contribution in [0.1, 0.15) is 16.7 Å². The van der Waals surface area contributed by atoms with Crippen molar-refractivity contribution in [3.63, 3.8) is 0 Å². The summed E-state index contributed by atoms with van der Waals surface area (Å²) in [4.78, 5) is 0. The average Bonchev–Trinajstić information content (AvgIpc) is 2.64. The minimum absolute atomic E-state index is 0.358. The number of para-hydroxylation sites is 1. The molecule has 0 bridgehead atoms. The van der Waals surface area contributed by atoms with E-state index in [2.05, 4.69) is 17.5 Å². The fraction of sp³-hybridized carbons (Fsp3) is 0.222. The molecule has 1 N–H and O–H groups in total. The SMILES string of the molecule is COc1cc(OC)c(OC)cc1CNc1c(C#N)cccc1C#N. The second-order valence-corrected chi connectivity index (χ2v) is 4.82. The Morgan fingerprint density at radius 3 is 1.92 bits per heavy atom. The van der Waals surface area contributed by atoms with E-state index in [9.17, 15) is 10.5 Å². The van der Waals surface area contributed by atoms with Crippen LogP contribution in [-0.2, 0) is 6.54 Å². The van der Waals surface area contributed by atoms with Gasteiger partial charge in [0.15, 0.2) is 11.5 Å². The molecule has 122 valence electrons. The van der Waals surface area contributed by atoms with Gasteiger partial charge in [-0.1, -0.05) is 6.07 Å². The van der Waals surface area contributed by atoms with Crippen molar-refractivity contribution in [2.75, 3.05) is 26.6 Å². The van der Waals surface area contributed by atoms with Crippen molar-refractivity contribution in [1.82, 2.24) is 0 Å². The van der Waals surface area contributed by atoms with Crippen LogP contribution in [0.3, 0.4) is 0 Å². The van der Waals surface area contributed by atoms with Crippen molar-refractivity contribution in [3.8, 4) is 29.4 Å². The molecule has 0 amide bonds. The Kier molecular flexibility index (Phi) is 5.49. The topological polar surface area (TPSA) is 87.3 Å². The predicted octanol–water partition coefficient (Wildman–Crippen LogP) is 3.07. The fourth-order valence-corrected chi connectivity index (χ4v) is 2.34. The largest absolute Gasteiger partial charge is 0.496 e. The number of anilines is 1. The number of benzene rings is 2. The fourth-order valence-electron chi connectivity index (χ4n) is 2.34. The van der Waals surface area contributed by atoms with Crippen LogP contribution < -0.4 is 19.5 Å². The molecule has 0 heterocycles. The van der Waals surface area contributed by atoms with E-state index in [0.29, 0.717) is 40.6 Å². The third kappa shape index (κ3) is 3.34. The Morgan fingerprint density at radius 2 is 1.42 bits per heavy atom. The van der Waals surface area contributed by atoms with E-state index in [1.54, 1.807) is 51.7 Å². The van der Waals surface area contributed by atoms with E-state index >= 15 is 0 Å². The molecule has 2 aromatic rings.